The maximum Gasteiger partial charge on any atom is 0.243 e. The quantitative estimate of drug-likeness (QED) is 0.796. The van der Waals surface area contributed by atoms with Crippen molar-refractivity contribution in [2.45, 2.75) is 56.0 Å². The summed E-state index contributed by atoms with van der Waals surface area (Å²) >= 11 is 0. The summed E-state index contributed by atoms with van der Waals surface area (Å²) in [6, 6.07) is 0.000703. The Balaban J connectivity index is 1.52. The van der Waals surface area contributed by atoms with Gasteiger partial charge in [-0.05, 0) is 25.7 Å². The van der Waals surface area contributed by atoms with Crippen LogP contribution in [0, 0.1) is 0 Å². The van der Waals surface area contributed by atoms with Crippen molar-refractivity contribution in [2.24, 2.45) is 0 Å². The topological polar surface area (TPSA) is 80.4 Å². The molecule has 0 aliphatic carbocycles. The summed E-state index contributed by atoms with van der Waals surface area (Å²) in [4.78, 5) is 4.50. The lowest BCUT2D eigenvalue weighted by atomic mass is 9.89. The fraction of sp³-hybridized carbons (Fsp3) is 0.833. The van der Waals surface area contributed by atoms with E-state index in [4.69, 9.17) is 9.26 Å². The Bertz CT molecular complexity index is 450. The van der Waals surface area contributed by atoms with Crippen LogP contribution in [0.25, 0.3) is 0 Å². The summed E-state index contributed by atoms with van der Waals surface area (Å²) in [6.45, 7) is 0.597. The molecule has 2 N–H and O–H groups in total. The van der Waals surface area contributed by atoms with Crippen LogP contribution in [0.5, 0.6) is 0 Å². The standard InChI is InChI=1S/C12H17N3O3/c16-6-3-9(13-5-6)12-14-11(15-18-12)8-4-7-1-2-10(8)17-7/h6-10,13,16H,1-5H2/t6-,7?,8?,9+,10?/m0/s1. The lowest BCUT2D eigenvalue weighted by molar-refractivity contribution is 0.0996. The van der Waals surface area contributed by atoms with Crippen molar-refractivity contribution in [2.75, 3.05) is 6.54 Å². The Morgan fingerprint density at radius 1 is 1.28 bits per heavy atom. The van der Waals surface area contributed by atoms with Gasteiger partial charge in [0.15, 0.2) is 5.82 Å². The maximum atomic E-state index is 9.49. The highest BCUT2D eigenvalue weighted by atomic mass is 16.5. The minimum atomic E-state index is -0.309. The second kappa shape index (κ2) is 4.01. The van der Waals surface area contributed by atoms with Crippen molar-refractivity contribution < 1.29 is 14.4 Å². The van der Waals surface area contributed by atoms with Gasteiger partial charge in [-0.25, -0.2) is 0 Å². The number of nitrogens with one attached hydrogen (secondary N) is 1. The zero-order chi connectivity index (χ0) is 12.1. The molecule has 4 rings (SSSR count). The zero-order valence-corrected chi connectivity index (χ0v) is 10.1. The number of rotatable bonds is 2. The van der Waals surface area contributed by atoms with Crippen LogP contribution in [0.4, 0.5) is 0 Å². The largest absolute Gasteiger partial charge is 0.392 e. The zero-order valence-electron chi connectivity index (χ0n) is 10.1. The molecular weight excluding hydrogens is 234 g/mol. The van der Waals surface area contributed by atoms with Gasteiger partial charge in [0.1, 0.15) is 0 Å². The van der Waals surface area contributed by atoms with Crippen molar-refractivity contribution in [3.63, 3.8) is 0 Å². The molecule has 4 heterocycles. The molecule has 0 aromatic carbocycles. The first kappa shape index (κ1) is 10.9. The van der Waals surface area contributed by atoms with Gasteiger partial charge in [0.05, 0.1) is 30.3 Å². The van der Waals surface area contributed by atoms with Crippen LogP contribution in [0.2, 0.25) is 0 Å². The first-order valence-corrected chi connectivity index (χ1v) is 6.70. The number of fused-ring (bicyclic) bond motifs is 2. The average Bonchev–Trinajstić information content (AvgIpc) is 3.12. The molecule has 3 fully saturated rings. The summed E-state index contributed by atoms with van der Waals surface area (Å²) in [7, 11) is 0. The molecular formula is C12H17N3O3. The fourth-order valence-electron chi connectivity index (χ4n) is 3.35. The molecule has 0 spiro atoms. The molecule has 0 saturated carbocycles. The maximum absolute atomic E-state index is 9.49. The lowest BCUT2D eigenvalue weighted by Crippen LogP contribution is -2.17. The molecule has 3 unspecified atom stereocenters. The van der Waals surface area contributed by atoms with Gasteiger partial charge in [-0.1, -0.05) is 5.16 Å². The highest BCUT2D eigenvalue weighted by molar-refractivity contribution is 5.08. The molecule has 98 valence electrons. The van der Waals surface area contributed by atoms with Crippen molar-refractivity contribution >= 4 is 0 Å². The molecule has 5 atom stereocenters. The Labute approximate surface area is 105 Å². The van der Waals surface area contributed by atoms with Crippen LogP contribution in [0.15, 0.2) is 4.52 Å². The van der Waals surface area contributed by atoms with Gasteiger partial charge < -0.3 is 19.7 Å². The van der Waals surface area contributed by atoms with E-state index < -0.39 is 0 Å². The number of aliphatic hydroxyl groups is 1. The number of hydrogen-bond donors (Lipinski definition) is 2. The van der Waals surface area contributed by atoms with Gasteiger partial charge in [0, 0.05) is 6.54 Å². The van der Waals surface area contributed by atoms with E-state index in [0.29, 0.717) is 30.9 Å². The van der Waals surface area contributed by atoms with Crippen molar-refractivity contribution in [3.05, 3.63) is 11.7 Å². The van der Waals surface area contributed by atoms with Gasteiger partial charge in [0.25, 0.3) is 0 Å². The van der Waals surface area contributed by atoms with E-state index >= 15 is 0 Å². The van der Waals surface area contributed by atoms with Gasteiger partial charge in [-0.2, -0.15) is 4.98 Å². The van der Waals surface area contributed by atoms with E-state index in [0.717, 1.165) is 18.7 Å². The number of nitrogens with zero attached hydrogens (tertiary/aromatic N) is 2. The van der Waals surface area contributed by atoms with Crippen LogP contribution >= 0.6 is 0 Å². The number of hydrogen-bond acceptors (Lipinski definition) is 6. The fourth-order valence-corrected chi connectivity index (χ4v) is 3.35. The first-order valence-electron chi connectivity index (χ1n) is 6.70. The second-order valence-electron chi connectivity index (χ2n) is 5.56. The number of β-amino-alcohol motifs (C(OH)–C–C–N with tert-alkyl or cyclic N) is 1. The summed E-state index contributed by atoms with van der Waals surface area (Å²) in [5.74, 6) is 1.68. The second-order valence-corrected chi connectivity index (χ2v) is 5.56. The van der Waals surface area contributed by atoms with Crippen LogP contribution < -0.4 is 5.32 Å². The third-order valence-electron chi connectivity index (χ3n) is 4.30. The predicted molar refractivity (Wildman–Crippen MR) is 60.9 cm³/mol. The molecule has 2 bridgehead atoms. The Morgan fingerprint density at radius 2 is 2.22 bits per heavy atom. The molecule has 3 aliphatic rings. The molecule has 6 heteroatoms. The van der Waals surface area contributed by atoms with Crippen molar-refractivity contribution in [1.29, 1.82) is 0 Å². The monoisotopic (exact) mass is 251 g/mol. The van der Waals surface area contributed by atoms with Crippen LogP contribution in [-0.4, -0.2) is 40.1 Å². The Kier molecular flexibility index (Phi) is 2.43. The van der Waals surface area contributed by atoms with Crippen LogP contribution in [-0.2, 0) is 4.74 Å². The molecule has 0 radical (unpaired) electrons. The molecule has 6 nitrogen and oxygen atoms in total. The Hall–Kier alpha value is -0.980. The number of ether oxygens (including phenoxy) is 1. The van der Waals surface area contributed by atoms with E-state index in [1.54, 1.807) is 0 Å². The lowest BCUT2D eigenvalue weighted by Gasteiger charge is -2.13. The molecule has 1 aromatic rings. The normalized spacial score (nSPS) is 42.8. The number of aromatic nitrogens is 2. The first-order chi connectivity index (χ1) is 8.79. The van der Waals surface area contributed by atoms with Crippen molar-refractivity contribution in [3.8, 4) is 0 Å². The highest BCUT2D eigenvalue weighted by Crippen LogP contribution is 2.43. The Morgan fingerprint density at radius 3 is 2.89 bits per heavy atom. The van der Waals surface area contributed by atoms with E-state index in [-0.39, 0.29) is 18.2 Å². The van der Waals surface area contributed by atoms with E-state index in [1.165, 1.54) is 6.42 Å². The number of aliphatic hydroxyl groups excluding tert-OH is 1. The van der Waals surface area contributed by atoms with Crippen LogP contribution in [0.1, 0.15) is 49.4 Å². The van der Waals surface area contributed by atoms with E-state index in [9.17, 15) is 5.11 Å². The smallest absolute Gasteiger partial charge is 0.243 e. The summed E-state index contributed by atoms with van der Waals surface area (Å²) in [6.07, 6.45) is 4.31. The third-order valence-corrected chi connectivity index (χ3v) is 4.30. The van der Waals surface area contributed by atoms with Crippen LogP contribution in [0.3, 0.4) is 0 Å². The van der Waals surface area contributed by atoms with E-state index in [2.05, 4.69) is 15.5 Å². The van der Waals surface area contributed by atoms with Gasteiger partial charge in [0.2, 0.25) is 5.89 Å². The highest BCUT2D eigenvalue weighted by Gasteiger charge is 2.44. The minimum Gasteiger partial charge on any atom is -0.392 e. The minimum absolute atomic E-state index is 0.000703. The predicted octanol–water partition coefficient (Wildman–Crippen LogP) is 0.500. The van der Waals surface area contributed by atoms with Gasteiger partial charge in [-0.3, -0.25) is 0 Å². The SMILES string of the molecule is O[C@@H]1CN[C@@H](c2nc(C3CC4CCC3O4)no2)C1. The molecule has 18 heavy (non-hydrogen) atoms. The summed E-state index contributed by atoms with van der Waals surface area (Å²) in [5, 5.41) is 16.8. The van der Waals surface area contributed by atoms with Gasteiger partial charge in [-0.15, -0.1) is 0 Å². The van der Waals surface area contributed by atoms with E-state index in [1.807, 2.05) is 0 Å². The third kappa shape index (κ3) is 1.67. The summed E-state index contributed by atoms with van der Waals surface area (Å²) in [5.41, 5.74) is 0. The van der Waals surface area contributed by atoms with Gasteiger partial charge >= 0.3 is 0 Å². The summed E-state index contributed by atoms with van der Waals surface area (Å²) < 4.78 is 11.1. The molecule has 3 saturated heterocycles. The molecule has 0 amide bonds. The molecule has 3 aliphatic heterocycles. The van der Waals surface area contributed by atoms with Crippen molar-refractivity contribution in [1.82, 2.24) is 15.5 Å². The average molecular weight is 251 g/mol. The molecule has 1 aromatic heterocycles.